The summed E-state index contributed by atoms with van der Waals surface area (Å²) in [5.41, 5.74) is 2.23. The van der Waals surface area contributed by atoms with E-state index in [2.05, 4.69) is 10.1 Å². The summed E-state index contributed by atoms with van der Waals surface area (Å²) >= 11 is 0. The molecule has 0 fully saturated rings. The first-order chi connectivity index (χ1) is 6.79. The summed E-state index contributed by atoms with van der Waals surface area (Å²) in [7, 11) is 0. The lowest BCUT2D eigenvalue weighted by Crippen LogP contribution is -1.96. The molecule has 2 heterocycles. The largest absolute Gasteiger partial charge is 0.243 e. The van der Waals surface area contributed by atoms with Crippen LogP contribution in [-0.4, -0.2) is 14.8 Å². The summed E-state index contributed by atoms with van der Waals surface area (Å²) in [5, 5.41) is 12.8. The molecule has 0 aliphatic heterocycles. The van der Waals surface area contributed by atoms with Crippen LogP contribution in [0, 0.1) is 18.3 Å². The molecule has 4 nitrogen and oxygen atoms in total. The van der Waals surface area contributed by atoms with E-state index in [-0.39, 0.29) is 0 Å². The van der Waals surface area contributed by atoms with Crippen molar-refractivity contribution >= 4 is 0 Å². The van der Waals surface area contributed by atoms with E-state index in [1.807, 2.05) is 31.3 Å². The highest BCUT2D eigenvalue weighted by molar-refractivity contribution is 5.32. The zero-order valence-electron chi connectivity index (χ0n) is 7.68. The van der Waals surface area contributed by atoms with Gasteiger partial charge in [0.25, 0.3) is 0 Å². The average molecular weight is 184 g/mol. The van der Waals surface area contributed by atoms with Crippen LogP contribution in [0.3, 0.4) is 0 Å². The molecule has 0 saturated heterocycles. The summed E-state index contributed by atoms with van der Waals surface area (Å²) in [6.45, 7) is 1.92. The van der Waals surface area contributed by atoms with Gasteiger partial charge in [-0.1, -0.05) is 0 Å². The van der Waals surface area contributed by atoms with E-state index in [0.29, 0.717) is 5.69 Å². The molecule has 0 N–H and O–H groups in total. The number of aryl methyl sites for hydroxylation is 1. The van der Waals surface area contributed by atoms with E-state index in [0.717, 1.165) is 11.4 Å². The van der Waals surface area contributed by atoms with Crippen molar-refractivity contribution in [2.24, 2.45) is 0 Å². The summed E-state index contributed by atoms with van der Waals surface area (Å²) < 4.78 is 1.73. The number of rotatable bonds is 1. The Bertz CT molecular complexity index is 476. The lowest BCUT2D eigenvalue weighted by atomic mass is 10.3. The molecule has 0 amide bonds. The van der Waals surface area contributed by atoms with Crippen molar-refractivity contribution in [2.75, 3.05) is 0 Å². The summed E-state index contributed by atoms with van der Waals surface area (Å²) in [4.78, 5) is 3.96. The fourth-order valence-electron chi connectivity index (χ4n) is 1.15. The highest BCUT2D eigenvalue weighted by Gasteiger charge is 1.98. The molecule has 68 valence electrons. The van der Waals surface area contributed by atoms with E-state index in [9.17, 15) is 0 Å². The Morgan fingerprint density at radius 3 is 2.71 bits per heavy atom. The first kappa shape index (κ1) is 8.45. The first-order valence-corrected chi connectivity index (χ1v) is 4.18. The SMILES string of the molecule is Cc1ccn(-c2ccc(C#N)nc2)n1. The molecule has 0 bridgehead atoms. The van der Waals surface area contributed by atoms with Crippen molar-refractivity contribution in [3.8, 4) is 11.8 Å². The smallest absolute Gasteiger partial charge is 0.140 e. The Hall–Kier alpha value is -2.15. The topological polar surface area (TPSA) is 54.5 Å². The first-order valence-electron chi connectivity index (χ1n) is 4.18. The van der Waals surface area contributed by atoms with Gasteiger partial charge in [0, 0.05) is 6.20 Å². The van der Waals surface area contributed by atoms with Crippen LogP contribution in [0.25, 0.3) is 5.69 Å². The predicted molar refractivity (Wildman–Crippen MR) is 50.8 cm³/mol. The minimum atomic E-state index is 0.414. The van der Waals surface area contributed by atoms with Crippen LogP contribution < -0.4 is 0 Å². The van der Waals surface area contributed by atoms with Crippen molar-refractivity contribution < 1.29 is 0 Å². The Morgan fingerprint density at radius 2 is 2.21 bits per heavy atom. The molecular formula is C10H8N4. The molecule has 2 aromatic heterocycles. The summed E-state index contributed by atoms with van der Waals surface area (Å²) in [5.74, 6) is 0. The number of nitrogens with zero attached hydrogens (tertiary/aromatic N) is 4. The van der Waals surface area contributed by atoms with Gasteiger partial charge in [-0.2, -0.15) is 10.4 Å². The molecule has 0 saturated carbocycles. The monoisotopic (exact) mass is 184 g/mol. The average Bonchev–Trinajstić information content (AvgIpc) is 2.65. The Kier molecular flexibility index (Phi) is 1.99. The van der Waals surface area contributed by atoms with Crippen LogP contribution in [0.2, 0.25) is 0 Å². The highest BCUT2D eigenvalue weighted by Crippen LogP contribution is 2.06. The lowest BCUT2D eigenvalue weighted by Gasteiger charge is -1.99. The maximum Gasteiger partial charge on any atom is 0.140 e. The molecule has 0 spiro atoms. The molecule has 0 unspecified atom stereocenters. The lowest BCUT2D eigenvalue weighted by molar-refractivity contribution is 0.856. The van der Waals surface area contributed by atoms with Crippen LogP contribution >= 0.6 is 0 Å². The van der Waals surface area contributed by atoms with Crippen molar-refractivity contribution in [1.29, 1.82) is 5.26 Å². The van der Waals surface area contributed by atoms with E-state index in [4.69, 9.17) is 5.26 Å². The quantitative estimate of drug-likeness (QED) is 0.674. The minimum absolute atomic E-state index is 0.414. The van der Waals surface area contributed by atoms with Gasteiger partial charge in [-0.3, -0.25) is 0 Å². The molecule has 2 aromatic rings. The van der Waals surface area contributed by atoms with Crippen LogP contribution in [-0.2, 0) is 0 Å². The second-order valence-electron chi connectivity index (χ2n) is 2.92. The number of hydrogen-bond acceptors (Lipinski definition) is 3. The third kappa shape index (κ3) is 1.48. The van der Waals surface area contributed by atoms with E-state index >= 15 is 0 Å². The predicted octanol–water partition coefficient (Wildman–Crippen LogP) is 1.45. The number of aromatic nitrogens is 3. The third-order valence-electron chi connectivity index (χ3n) is 1.85. The van der Waals surface area contributed by atoms with Crippen molar-refractivity contribution in [1.82, 2.24) is 14.8 Å². The minimum Gasteiger partial charge on any atom is -0.243 e. The van der Waals surface area contributed by atoms with Crippen LogP contribution in [0.5, 0.6) is 0 Å². The van der Waals surface area contributed by atoms with Crippen molar-refractivity contribution in [3.63, 3.8) is 0 Å². The molecule has 0 aromatic carbocycles. The molecule has 14 heavy (non-hydrogen) atoms. The second-order valence-corrected chi connectivity index (χ2v) is 2.92. The Morgan fingerprint density at radius 1 is 1.36 bits per heavy atom. The molecule has 2 rings (SSSR count). The molecule has 0 radical (unpaired) electrons. The fourth-order valence-corrected chi connectivity index (χ4v) is 1.15. The maximum atomic E-state index is 8.57. The van der Waals surface area contributed by atoms with Crippen LogP contribution in [0.1, 0.15) is 11.4 Å². The normalized spacial score (nSPS) is 9.71. The second kappa shape index (κ2) is 3.30. The fraction of sp³-hybridized carbons (Fsp3) is 0.100. The molecule has 4 heteroatoms. The van der Waals surface area contributed by atoms with E-state index in [1.165, 1.54) is 0 Å². The Labute approximate surface area is 81.4 Å². The van der Waals surface area contributed by atoms with Gasteiger partial charge >= 0.3 is 0 Å². The van der Waals surface area contributed by atoms with Gasteiger partial charge in [0.2, 0.25) is 0 Å². The van der Waals surface area contributed by atoms with Gasteiger partial charge in [0.05, 0.1) is 17.6 Å². The van der Waals surface area contributed by atoms with Gasteiger partial charge in [-0.25, -0.2) is 9.67 Å². The standard InChI is InChI=1S/C10H8N4/c1-8-4-5-14(13-8)10-3-2-9(6-11)12-7-10/h2-5,7H,1H3. The van der Waals surface area contributed by atoms with Gasteiger partial charge in [0.1, 0.15) is 11.8 Å². The number of pyridine rings is 1. The molecule has 0 atom stereocenters. The zero-order chi connectivity index (χ0) is 9.97. The van der Waals surface area contributed by atoms with E-state index < -0.39 is 0 Å². The molecule has 0 aliphatic rings. The third-order valence-corrected chi connectivity index (χ3v) is 1.85. The Balaban J connectivity index is 2.39. The summed E-state index contributed by atoms with van der Waals surface area (Å²) in [6, 6.07) is 7.38. The number of nitriles is 1. The highest BCUT2D eigenvalue weighted by atomic mass is 15.3. The van der Waals surface area contributed by atoms with Gasteiger partial charge in [-0.15, -0.1) is 0 Å². The zero-order valence-corrected chi connectivity index (χ0v) is 7.68. The molecule has 0 aliphatic carbocycles. The van der Waals surface area contributed by atoms with Gasteiger partial charge in [0.15, 0.2) is 0 Å². The van der Waals surface area contributed by atoms with Crippen molar-refractivity contribution in [3.05, 3.63) is 42.0 Å². The maximum absolute atomic E-state index is 8.57. The van der Waals surface area contributed by atoms with Crippen molar-refractivity contribution in [2.45, 2.75) is 6.92 Å². The van der Waals surface area contributed by atoms with Crippen LogP contribution in [0.4, 0.5) is 0 Å². The van der Waals surface area contributed by atoms with Gasteiger partial charge < -0.3 is 0 Å². The van der Waals surface area contributed by atoms with Crippen LogP contribution in [0.15, 0.2) is 30.6 Å². The van der Waals surface area contributed by atoms with E-state index in [1.54, 1.807) is 16.9 Å². The summed E-state index contributed by atoms with van der Waals surface area (Å²) in [6.07, 6.45) is 3.49. The molecular weight excluding hydrogens is 176 g/mol. The van der Waals surface area contributed by atoms with Gasteiger partial charge in [-0.05, 0) is 25.1 Å². The number of hydrogen-bond donors (Lipinski definition) is 0.